The van der Waals surface area contributed by atoms with Crippen molar-refractivity contribution in [2.75, 3.05) is 6.61 Å². The quantitative estimate of drug-likeness (QED) is 0.827. The van der Waals surface area contributed by atoms with Crippen molar-refractivity contribution in [2.24, 2.45) is 29.4 Å². The number of nitrogens with two attached hydrogens (primary N) is 1. The highest BCUT2D eigenvalue weighted by molar-refractivity contribution is 5.08. The van der Waals surface area contributed by atoms with Crippen molar-refractivity contribution < 1.29 is 4.74 Å². The van der Waals surface area contributed by atoms with E-state index < -0.39 is 0 Å². The largest absolute Gasteiger partial charge is 0.375 e. The fraction of sp³-hybridized carbons (Fsp3) is 1.00. The molecule has 3 saturated carbocycles. The molecule has 1 aliphatic heterocycles. The third kappa shape index (κ3) is 2.15. The van der Waals surface area contributed by atoms with Crippen molar-refractivity contribution in [3.63, 3.8) is 0 Å². The fourth-order valence-corrected chi connectivity index (χ4v) is 5.70. The Kier molecular flexibility index (Phi) is 3.15. The van der Waals surface area contributed by atoms with E-state index in [9.17, 15) is 0 Å². The van der Waals surface area contributed by atoms with Gasteiger partial charge in [0.25, 0.3) is 0 Å². The maximum atomic E-state index is 6.68. The van der Waals surface area contributed by atoms with Gasteiger partial charge in [-0.2, -0.15) is 0 Å². The monoisotopic (exact) mass is 263 g/mol. The van der Waals surface area contributed by atoms with Crippen molar-refractivity contribution in [1.29, 1.82) is 0 Å². The van der Waals surface area contributed by atoms with Gasteiger partial charge in [0.05, 0.1) is 5.60 Å². The van der Waals surface area contributed by atoms with Crippen LogP contribution in [0, 0.1) is 23.7 Å². The molecule has 1 heterocycles. The first kappa shape index (κ1) is 12.6. The molecule has 1 spiro atoms. The van der Waals surface area contributed by atoms with Gasteiger partial charge in [-0.15, -0.1) is 0 Å². The van der Waals surface area contributed by atoms with Crippen LogP contribution in [0.1, 0.15) is 64.2 Å². The average Bonchev–Trinajstić information content (AvgIpc) is 2.91. The van der Waals surface area contributed by atoms with E-state index in [2.05, 4.69) is 0 Å². The molecular formula is C17H29NO. The minimum atomic E-state index is 0.239. The van der Waals surface area contributed by atoms with Crippen LogP contribution < -0.4 is 5.73 Å². The Hall–Kier alpha value is -0.0800. The summed E-state index contributed by atoms with van der Waals surface area (Å²) in [7, 11) is 0. The van der Waals surface area contributed by atoms with Crippen molar-refractivity contribution >= 4 is 0 Å². The van der Waals surface area contributed by atoms with E-state index >= 15 is 0 Å². The second-order valence-corrected chi connectivity index (χ2v) is 7.76. The van der Waals surface area contributed by atoms with Crippen LogP contribution in [0.25, 0.3) is 0 Å². The normalized spacial score (nSPS) is 45.9. The molecule has 19 heavy (non-hydrogen) atoms. The number of hydrogen-bond donors (Lipinski definition) is 1. The Bertz CT molecular complexity index is 321. The van der Waals surface area contributed by atoms with Crippen molar-refractivity contribution in [3.8, 4) is 0 Å². The van der Waals surface area contributed by atoms with Gasteiger partial charge < -0.3 is 10.5 Å². The lowest BCUT2D eigenvalue weighted by molar-refractivity contribution is -0.121. The Labute approximate surface area is 117 Å². The van der Waals surface area contributed by atoms with Crippen molar-refractivity contribution in [1.82, 2.24) is 0 Å². The molecule has 2 nitrogen and oxygen atoms in total. The maximum Gasteiger partial charge on any atom is 0.0685 e. The summed E-state index contributed by atoms with van der Waals surface area (Å²) in [4.78, 5) is 0. The highest BCUT2D eigenvalue weighted by atomic mass is 16.5. The van der Waals surface area contributed by atoms with E-state index in [0.29, 0.717) is 6.04 Å². The summed E-state index contributed by atoms with van der Waals surface area (Å²) in [6.45, 7) is 0.973. The zero-order valence-corrected chi connectivity index (χ0v) is 12.2. The van der Waals surface area contributed by atoms with Crippen LogP contribution in [0.4, 0.5) is 0 Å². The molecule has 4 rings (SSSR count). The van der Waals surface area contributed by atoms with Crippen LogP contribution >= 0.6 is 0 Å². The van der Waals surface area contributed by atoms with E-state index in [-0.39, 0.29) is 5.60 Å². The molecule has 4 unspecified atom stereocenters. The van der Waals surface area contributed by atoms with E-state index in [1.54, 1.807) is 0 Å². The molecule has 0 radical (unpaired) electrons. The first-order valence-corrected chi connectivity index (χ1v) is 8.69. The zero-order chi connectivity index (χ0) is 12.9. The number of ether oxygens (including phenoxy) is 1. The van der Waals surface area contributed by atoms with Gasteiger partial charge in [0, 0.05) is 12.6 Å². The molecule has 3 aliphatic carbocycles. The summed E-state index contributed by atoms with van der Waals surface area (Å²) in [6, 6.07) is 0.484. The summed E-state index contributed by atoms with van der Waals surface area (Å²) in [6.07, 6.45) is 13.7. The maximum absolute atomic E-state index is 6.68. The predicted octanol–water partition coefficient (Wildman–Crippen LogP) is 3.49. The lowest BCUT2D eigenvalue weighted by Gasteiger charge is -2.45. The Balaban J connectivity index is 1.41. The third-order valence-electron chi connectivity index (χ3n) is 6.76. The Morgan fingerprint density at radius 1 is 0.947 bits per heavy atom. The summed E-state index contributed by atoms with van der Waals surface area (Å²) in [5.74, 6) is 3.67. The molecule has 2 N–H and O–H groups in total. The van der Waals surface area contributed by atoms with Crippen molar-refractivity contribution in [3.05, 3.63) is 0 Å². The Morgan fingerprint density at radius 3 is 2.42 bits per heavy atom. The highest BCUT2D eigenvalue weighted by Crippen LogP contribution is 2.60. The van der Waals surface area contributed by atoms with Gasteiger partial charge in [0.15, 0.2) is 0 Å². The number of rotatable bonds is 2. The van der Waals surface area contributed by atoms with Crippen LogP contribution in [-0.2, 0) is 4.74 Å². The molecule has 0 aromatic rings. The van der Waals surface area contributed by atoms with Crippen LogP contribution in [-0.4, -0.2) is 18.2 Å². The molecule has 0 bridgehead atoms. The van der Waals surface area contributed by atoms with Gasteiger partial charge >= 0.3 is 0 Å². The smallest absolute Gasteiger partial charge is 0.0685 e. The topological polar surface area (TPSA) is 35.2 Å². The molecule has 0 aromatic carbocycles. The van der Waals surface area contributed by atoms with Crippen LogP contribution in [0.2, 0.25) is 0 Å². The van der Waals surface area contributed by atoms with Gasteiger partial charge in [0.1, 0.15) is 0 Å². The lowest BCUT2D eigenvalue weighted by Crippen LogP contribution is -2.47. The summed E-state index contributed by atoms with van der Waals surface area (Å²) >= 11 is 0. The first-order valence-electron chi connectivity index (χ1n) is 8.69. The second kappa shape index (κ2) is 4.73. The third-order valence-corrected chi connectivity index (χ3v) is 6.76. The molecule has 1 saturated heterocycles. The molecular weight excluding hydrogens is 234 g/mol. The zero-order valence-electron chi connectivity index (χ0n) is 12.2. The molecule has 4 atom stereocenters. The van der Waals surface area contributed by atoms with E-state index in [0.717, 1.165) is 30.3 Å². The molecule has 0 amide bonds. The van der Waals surface area contributed by atoms with Gasteiger partial charge in [-0.1, -0.05) is 25.7 Å². The molecule has 4 fully saturated rings. The minimum absolute atomic E-state index is 0.239. The minimum Gasteiger partial charge on any atom is -0.375 e. The molecule has 108 valence electrons. The second-order valence-electron chi connectivity index (χ2n) is 7.76. The summed E-state index contributed by atoms with van der Waals surface area (Å²) in [5.41, 5.74) is 6.92. The SMILES string of the molecule is NC(C1CCOC2(CCCCC2)C1)C1C2CCCC21. The van der Waals surface area contributed by atoms with Gasteiger partial charge in [0.2, 0.25) is 0 Å². The standard InChI is InChI=1S/C17H29NO/c18-16(15-13-5-4-6-14(13)15)12-7-10-19-17(11-12)8-2-1-3-9-17/h12-16H,1-11,18H2. The number of hydrogen-bond acceptors (Lipinski definition) is 2. The van der Waals surface area contributed by atoms with Crippen molar-refractivity contribution in [2.45, 2.75) is 75.9 Å². The predicted molar refractivity (Wildman–Crippen MR) is 76.8 cm³/mol. The molecule has 4 aliphatic rings. The molecule has 0 aromatic heterocycles. The van der Waals surface area contributed by atoms with E-state index in [1.807, 2.05) is 0 Å². The van der Waals surface area contributed by atoms with Crippen LogP contribution in [0.5, 0.6) is 0 Å². The van der Waals surface area contributed by atoms with Crippen LogP contribution in [0.15, 0.2) is 0 Å². The van der Waals surface area contributed by atoms with Crippen LogP contribution in [0.3, 0.4) is 0 Å². The Morgan fingerprint density at radius 2 is 1.68 bits per heavy atom. The van der Waals surface area contributed by atoms with E-state index in [1.165, 1.54) is 64.2 Å². The van der Waals surface area contributed by atoms with Gasteiger partial charge in [-0.3, -0.25) is 0 Å². The van der Waals surface area contributed by atoms with Gasteiger partial charge in [-0.25, -0.2) is 0 Å². The summed E-state index contributed by atoms with van der Waals surface area (Å²) in [5, 5.41) is 0. The number of fused-ring (bicyclic) bond motifs is 1. The molecule has 2 heteroatoms. The van der Waals surface area contributed by atoms with Gasteiger partial charge in [-0.05, 0) is 62.2 Å². The lowest BCUT2D eigenvalue weighted by atomic mass is 9.73. The fourth-order valence-electron chi connectivity index (χ4n) is 5.70. The average molecular weight is 263 g/mol. The summed E-state index contributed by atoms with van der Waals surface area (Å²) < 4.78 is 6.23. The first-order chi connectivity index (χ1) is 9.29. The van der Waals surface area contributed by atoms with E-state index in [4.69, 9.17) is 10.5 Å². The highest BCUT2D eigenvalue weighted by Gasteiger charge is 2.57.